The molecule has 11 heteroatoms. The summed E-state index contributed by atoms with van der Waals surface area (Å²) in [5.41, 5.74) is 1.23. The van der Waals surface area contributed by atoms with Crippen molar-refractivity contribution in [1.82, 2.24) is 24.1 Å². The molecular formula is C21H17ClN8O2. The van der Waals surface area contributed by atoms with Gasteiger partial charge in [0.05, 0.1) is 29.5 Å². The van der Waals surface area contributed by atoms with Gasteiger partial charge in [0.15, 0.2) is 5.82 Å². The number of rotatable bonds is 4. The molecule has 10 nitrogen and oxygen atoms in total. The third-order valence-corrected chi connectivity index (χ3v) is 5.41. The van der Waals surface area contributed by atoms with E-state index in [-0.39, 0.29) is 23.4 Å². The van der Waals surface area contributed by atoms with Crippen molar-refractivity contribution in [3.8, 4) is 5.69 Å². The second-order valence-corrected chi connectivity index (χ2v) is 7.59. The molecular weight excluding hydrogens is 432 g/mol. The summed E-state index contributed by atoms with van der Waals surface area (Å²) in [5.74, 6) is 1.07. The van der Waals surface area contributed by atoms with Crippen LogP contribution in [0.25, 0.3) is 11.2 Å². The number of aromatic nitrogens is 5. The minimum Gasteiger partial charge on any atom is -0.360 e. The summed E-state index contributed by atoms with van der Waals surface area (Å²) in [7, 11) is 0. The molecule has 32 heavy (non-hydrogen) atoms. The maximum Gasteiger partial charge on any atom is 0.284 e. The molecule has 5 rings (SSSR count). The van der Waals surface area contributed by atoms with E-state index >= 15 is 0 Å². The number of carbonyl (C=O) groups excluding carboxylic acids is 1. The van der Waals surface area contributed by atoms with Crippen molar-refractivity contribution in [2.24, 2.45) is 4.99 Å². The van der Waals surface area contributed by atoms with Gasteiger partial charge < -0.3 is 10.6 Å². The number of nitrogens with one attached hydrogen (secondary N) is 2. The molecule has 1 unspecified atom stereocenters. The van der Waals surface area contributed by atoms with Crippen molar-refractivity contribution in [2.75, 3.05) is 10.6 Å². The molecule has 0 saturated heterocycles. The lowest BCUT2D eigenvalue weighted by Crippen LogP contribution is -2.29. The first-order chi connectivity index (χ1) is 15.5. The number of benzene rings is 1. The zero-order valence-electron chi connectivity index (χ0n) is 16.9. The lowest BCUT2D eigenvalue weighted by Gasteiger charge is -2.21. The van der Waals surface area contributed by atoms with Crippen LogP contribution in [-0.4, -0.2) is 36.4 Å². The molecule has 1 atom stereocenters. The number of halogens is 1. The number of anilines is 2. The summed E-state index contributed by atoms with van der Waals surface area (Å²) in [4.78, 5) is 37.7. The first-order valence-electron chi connectivity index (χ1n) is 9.80. The summed E-state index contributed by atoms with van der Waals surface area (Å²) < 4.78 is 2.99. The molecule has 4 heterocycles. The predicted molar refractivity (Wildman–Crippen MR) is 121 cm³/mol. The van der Waals surface area contributed by atoms with Gasteiger partial charge in [0, 0.05) is 11.8 Å². The highest BCUT2D eigenvalue weighted by molar-refractivity contribution is 6.33. The Morgan fingerprint density at radius 3 is 2.78 bits per heavy atom. The average Bonchev–Trinajstić information content (AvgIpc) is 3.05. The first-order valence-corrected chi connectivity index (χ1v) is 10.2. The van der Waals surface area contributed by atoms with Crippen LogP contribution in [0, 0.1) is 0 Å². The smallest absolute Gasteiger partial charge is 0.284 e. The summed E-state index contributed by atoms with van der Waals surface area (Å²) >= 11 is 6.25. The standard InChI is InChI=1S/C21H17ClN8O2/c1-12(27-19-14-9-16(31)23-10-24-18(14)25-11-26-19)20-28-29-8-7-15(22)17(29)21(32)30(20)13-5-3-2-4-6-13/h2-8,10-12H,9H2,1H3,(H2,23,24,25,26,27,31). The van der Waals surface area contributed by atoms with Crippen LogP contribution in [-0.2, 0) is 11.2 Å². The van der Waals surface area contributed by atoms with Crippen LogP contribution < -0.4 is 16.2 Å². The van der Waals surface area contributed by atoms with Gasteiger partial charge in [0.25, 0.3) is 11.5 Å². The van der Waals surface area contributed by atoms with Gasteiger partial charge in [-0.15, -0.1) is 0 Å². The van der Waals surface area contributed by atoms with Crippen LogP contribution >= 0.6 is 11.6 Å². The quantitative estimate of drug-likeness (QED) is 0.492. The number of para-hydroxylation sites is 1. The summed E-state index contributed by atoms with van der Waals surface area (Å²) in [5, 5.41) is 11.1. The van der Waals surface area contributed by atoms with Gasteiger partial charge in [-0.1, -0.05) is 29.8 Å². The summed E-state index contributed by atoms with van der Waals surface area (Å²) in [6.45, 7) is 1.86. The fourth-order valence-electron chi connectivity index (χ4n) is 3.61. The highest BCUT2D eigenvalue weighted by Gasteiger charge is 2.23. The molecule has 1 aliphatic rings. The van der Waals surface area contributed by atoms with Gasteiger partial charge in [-0.05, 0) is 25.1 Å². The number of fused-ring (bicyclic) bond motifs is 2. The van der Waals surface area contributed by atoms with E-state index in [1.165, 1.54) is 21.7 Å². The zero-order chi connectivity index (χ0) is 22.2. The predicted octanol–water partition coefficient (Wildman–Crippen LogP) is 2.62. The van der Waals surface area contributed by atoms with E-state index in [0.717, 1.165) is 0 Å². The number of hydrogen-bond acceptors (Lipinski definition) is 7. The van der Waals surface area contributed by atoms with Crippen molar-refractivity contribution < 1.29 is 4.79 Å². The average molecular weight is 449 g/mol. The second kappa shape index (κ2) is 7.89. The van der Waals surface area contributed by atoms with Crippen molar-refractivity contribution in [2.45, 2.75) is 19.4 Å². The van der Waals surface area contributed by atoms with Gasteiger partial charge in [0.2, 0.25) is 0 Å². The Labute approximate surface area is 186 Å². The molecule has 2 N–H and O–H groups in total. The number of nitrogens with zero attached hydrogens (tertiary/aromatic N) is 6. The van der Waals surface area contributed by atoms with Crippen molar-refractivity contribution in [3.05, 3.63) is 75.7 Å². The maximum absolute atomic E-state index is 13.4. The van der Waals surface area contributed by atoms with Gasteiger partial charge in [0.1, 0.15) is 23.5 Å². The van der Waals surface area contributed by atoms with Gasteiger partial charge in [-0.3, -0.25) is 14.2 Å². The lowest BCUT2D eigenvalue weighted by molar-refractivity contribution is -0.117. The van der Waals surface area contributed by atoms with E-state index in [2.05, 4.69) is 30.7 Å². The second-order valence-electron chi connectivity index (χ2n) is 7.18. The Morgan fingerprint density at radius 1 is 1.16 bits per heavy atom. The Kier molecular flexibility index (Phi) is 4.91. The number of hydrogen-bond donors (Lipinski definition) is 2. The molecule has 0 radical (unpaired) electrons. The number of carbonyl (C=O) groups is 1. The van der Waals surface area contributed by atoms with Crippen LogP contribution in [0.1, 0.15) is 24.4 Å². The molecule has 0 saturated carbocycles. The highest BCUT2D eigenvalue weighted by atomic mass is 35.5. The minimum atomic E-state index is -0.466. The maximum atomic E-state index is 13.4. The Bertz CT molecular complexity index is 1430. The molecule has 0 aliphatic carbocycles. The molecule has 160 valence electrons. The minimum absolute atomic E-state index is 0.0416. The fourth-order valence-corrected chi connectivity index (χ4v) is 3.84. The molecule has 3 aromatic heterocycles. The van der Waals surface area contributed by atoms with Crippen LogP contribution in [0.4, 0.5) is 11.6 Å². The lowest BCUT2D eigenvalue weighted by atomic mass is 10.1. The number of amides is 1. The van der Waals surface area contributed by atoms with Crippen molar-refractivity contribution in [1.29, 1.82) is 0 Å². The molecule has 1 aliphatic heterocycles. The normalized spacial score (nSPS) is 14.0. The fraction of sp³-hybridized carbons (Fsp3) is 0.143. The van der Waals surface area contributed by atoms with Crippen molar-refractivity contribution in [3.63, 3.8) is 0 Å². The van der Waals surface area contributed by atoms with Crippen LogP contribution in [0.5, 0.6) is 0 Å². The van der Waals surface area contributed by atoms with E-state index in [1.54, 1.807) is 12.3 Å². The van der Waals surface area contributed by atoms with E-state index in [1.807, 2.05) is 37.3 Å². The Hall–Kier alpha value is -4.05. The van der Waals surface area contributed by atoms with Crippen LogP contribution in [0.2, 0.25) is 5.02 Å². The van der Waals surface area contributed by atoms with Gasteiger partial charge in [-0.2, -0.15) is 5.10 Å². The summed E-state index contributed by atoms with van der Waals surface area (Å²) in [6, 6.07) is 10.4. The highest BCUT2D eigenvalue weighted by Crippen LogP contribution is 2.26. The summed E-state index contributed by atoms with van der Waals surface area (Å²) in [6.07, 6.45) is 4.38. The topological polar surface area (TPSA) is 119 Å². The van der Waals surface area contributed by atoms with Crippen LogP contribution in [0.15, 0.2) is 58.7 Å². The molecule has 0 spiro atoms. The largest absolute Gasteiger partial charge is 0.360 e. The van der Waals surface area contributed by atoms with E-state index < -0.39 is 6.04 Å². The molecule has 0 bridgehead atoms. The van der Waals surface area contributed by atoms with Crippen LogP contribution in [0.3, 0.4) is 0 Å². The van der Waals surface area contributed by atoms with Crippen molar-refractivity contribution >= 4 is 41.0 Å². The third-order valence-electron chi connectivity index (χ3n) is 5.10. The third kappa shape index (κ3) is 3.40. The Morgan fingerprint density at radius 2 is 1.97 bits per heavy atom. The van der Waals surface area contributed by atoms with E-state index in [9.17, 15) is 9.59 Å². The first kappa shape index (κ1) is 19.9. The molecule has 4 aromatic rings. The van der Waals surface area contributed by atoms with E-state index in [4.69, 9.17) is 11.6 Å². The molecule has 1 aromatic carbocycles. The number of aliphatic imine (C=N–C) groups is 1. The van der Waals surface area contributed by atoms with Gasteiger partial charge >= 0.3 is 0 Å². The monoisotopic (exact) mass is 448 g/mol. The Balaban J connectivity index is 1.63. The SMILES string of the molecule is CC(Nc1ncnc2c1CC(=O)N=CN2)c1nn2ccc(Cl)c2c(=O)n1-c1ccccc1. The van der Waals surface area contributed by atoms with Gasteiger partial charge in [-0.25, -0.2) is 19.5 Å². The van der Waals surface area contributed by atoms with E-state index in [0.29, 0.717) is 33.7 Å². The zero-order valence-corrected chi connectivity index (χ0v) is 17.6. The molecule has 0 fully saturated rings. The molecule has 1 amide bonds.